The summed E-state index contributed by atoms with van der Waals surface area (Å²) in [4.78, 5) is 2.85. The van der Waals surface area contributed by atoms with Crippen molar-refractivity contribution in [2.75, 3.05) is 11.5 Å². The van der Waals surface area contributed by atoms with E-state index in [1.807, 2.05) is 23.5 Å². The number of thioether (sulfide) groups is 2. The molecule has 0 atom stereocenters. The zero-order chi connectivity index (χ0) is 7.68. The second-order valence-electron chi connectivity index (χ2n) is 2.26. The van der Waals surface area contributed by atoms with Crippen LogP contribution < -0.4 is 0 Å². The van der Waals surface area contributed by atoms with Crippen LogP contribution in [0.2, 0.25) is 0 Å². The highest BCUT2D eigenvalue weighted by Crippen LogP contribution is 2.40. The average molecular weight is 247 g/mol. The summed E-state index contributed by atoms with van der Waals surface area (Å²) in [6.45, 7) is 0. The predicted molar refractivity (Wildman–Crippen MR) is 55.6 cm³/mol. The summed E-state index contributed by atoms with van der Waals surface area (Å²) in [6.07, 6.45) is 0. The minimum Gasteiger partial charge on any atom is -0.124 e. The SMILES string of the molecule is Brc1cccc2c1SCCS2. The van der Waals surface area contributed by atoms with Crippen molar-refractivity contribution in [1.29, 1.82) is 0 Å². The van der Waals surface area contributed by atoms with Gasteiger partial charge in [-0.3, -0.25) is 0 Å². The highest BCUT2D eigenvalue weighted by molar-refractivity contribution is 9.10. The fourth-order valence-electron chi connectivity index (χ4n) is 1.04. The van der Waals surface area contributed by atoms with Crippen molar-refractivity contribution < 1.29 is 0 Å². The van der Waals surface area contributed by atoms with E-state index in [0.29, 0.717) is 0 Å². The van der Waals surface area contributed by atoms with E-state index in [4.69, 9.17) is 0 Å². The van der Waals surface area contributed by atoms with Gasteiger partial charge in [0.05, 0.1) is 0 Å². The van der Waals surface area contributed by atoms with Crippen LogP contribution in [0.1, 0.15) is 0 Å². The predicted octanol–water partition coefficient (Wildman–Crippen LogP) is 3.65. The Morgan fingerprint density at radius 1 is 1.18 bits per heavy atom. The van der Waals surface area contributed by atoms with Crippen LogP contribution in [0.15, 0.2) is 32.5 Å². The van der Waals surface area contributed by atoms with Crippen LogP contribution in [0, 0.1) is 0 Å². The van der Waals surface area contributed by atoms with Gasteiger partial charge in [-0.05, 0) is 28.1 Å². The molecule has 1 aliphatic heterocycles. The number of rotatable bonds is 0. The van der Waals surface area contributed by atoms with Crippen molar-refractivity contribution in [3.05, 3.63) is 22.7 Å². The molecule has 2 rings (SSSR count). The lowest BCUT2D eigenvalue weighted by Crippen LogP contribution is -1.93. The highest BCUT2D eigenvalue weighted by Gasteiger charge is 2.11. The first-order valence-corrected chi connectivity index (χ1v) is 6.18. The minimum absolute atomic E-state index is 1.24. The molecule has 1 heterocycles. The molecule has 0 spiro atoms. The molecule has 0 N–H and O–H groups in total. The Hall–Kier alpha value is 0.400. The van der Waals surface area contributed by atoms with Crippen molar-refractivity contribution in [3.8, 4) is 0 Å². The lowest BCUT2D eigenvalue weighted by Gasteiger charge is -2.15. The Balaban J connectivity index is 2.49. The lowest BCUT2D eigenvalue weighted by atomic mass is 10.4. The van der Waals surface area contributed by atoms with Crippen LogP contribution in [0.25, 0.3) is 0 Å². The van der Waals surface area contributed by atoms with Gasteiger partial charge in [0, 0.05) is 25.8 Å². The third kappa shape index (κ3) is 1.60. The van der Waals surface area contributed by atoms with E-state index in [1.54, 1.807) is 0 Å². The molecule has 0 aliphatic carbocycles. The van der Waals surface area contributed by atoms with Gasteiger partial charge in [0.25, 0.3) is 0 Å². The summed E-state index contributed by atoms with van der Waals surface area (Å²) in [7, 11) is 0. The standard InChI is InChI=1S/C8H7BrS2/c9-6-2-1-3-7-8(6)11-5-4-10-7/h1-3H,4-5H2. The van der Waals surface area contributed by atoms with Gasteiger partial charge in [0.15, 0.2) is 0 Å². The van der Waals surface area contributed by atoms with E-state index in [-0.39, 0.29) is 0 Å². The van der Waals surface area contributed by atoms with Crippen LogP contribution in [-0.2, 0) is 0 Å². The van der Waals surface area contributed by atoms with Crippen LogP contribution in [0.5, 0.6) is 0 Å². The van der Waals surface area contributed by atoms with Crippen LogP contribution in [0.4, 0.5) is 0 Å². The molecule has 0 saturated carbocycles. The maximum atomic E-state index is 3.55. The van der Waals surface area contributed by atoms with Crippen LogP contribution in [-0.4, -0.2) is 11.5 Å². The summed E-state index contributed by atoms with van der Waals surface area (Å²) in [6, 6.07) is 6.40. The molecule has 1 aromatic carbocycles. The van der Waals surface area contributed by atoms with E-state index in [1.165, 1.54) is 25.8 Å². The number of hydrogen-bond donors (Lipinski definition) is 0. The van der Waals surface area contributed by atoms with Crippen molar-refractivity contribution >= 4 is 39.5 Å². The fourth-order valence-corrected chi connectivity index (χ4v) is 4.16. The second kappa shape index (κ2) is 3.42. The normalized spacial score (nSPS) is 16.1. The van der Waals surface area contributed by atoms with Gasteiger partial charge in [-0.15, -0.1) is 23.5 Å². The Labute approximate surface area is 83.3 Å². The van der Waals surface area contributed by atoms with E-state index >= 15 is 0 Å². The third-order valence-corrected chi connectivity index (χ3v) is 5.03. The molecular formula is C8H7BrS2. The van der Waals surface area contributed by atoms with Crippen LogP contribution >= 0.6 is 39.5 Å². The number of halogens is 1. The van der Waals surface area contributed by atoms with Gasteiger partial charge >= 0.3 is 0 Å². The maximum Gasteiger partial charge on any atom is 0.0351 e. The topological polar surface area (TPSA) is 0 Å². The molecule has 58 valence electrons. The Kier molecular flexibility index (Phi) is 2.49. The first kappa shape index (κ1) is 8.02. The maximum absolute atomic E-state index is 3.55. The van der Waals surface area contributed by atoms with Gasteiger partial charge in [-0.25, -0.2) is 0 Å². The van der Waals surface area contributed by atoms with Crippen molar-refractivity contribution in [2.45, 2.75) is 9.79 Å². The Morgan fingerprint density at radius 2 is 2.00 bits per heavy atom. The summed E-state index contributed by atoms with van der Waals surface area (Å²) in [5.41, 5.74) is 0. The van der Waals surface area contributed by atoms with Gasteiger partial charge in [0.1, 0.15) is 0 Å². The summed E-state index contributed by atoms with van der Waals surface area (Å²) >= 11 is 7.45. The monoisotopic (exact) mass is 246 g/mol. The summed E-state index contributed by atoms with van der Waals surface area (Å²) in [5.74, 6) is 2.48. The minimum atomic E-state index is 1.24. The van der Waals surface area contributed by atoms with Gasteiger partial charge in [-0.1, -0.05) is 6.07 Å². The van der Waals surface area contributed by atoms with Crippen molar-refractivity contribution in [3.63, 3.8) is 0 Å². The molecule has 11 heavy (non-hydrogen) atoms. The third-order valence-electron chi connectivity index (χ3n) is 1.52. The number of fused-ring (bicyclic) bond motifs is 1. The average Bonchev–Trinajstić information content (AvgIpc) is 2.06. The fraction of sp³-hybridized carbons (Fsp3) is 0.250. The molecule has 1 aliphatic rings. The lowest BCUT2D eigenvalue weighted by molar-refractivity contribution is 1.19. The van der Waals surface area contributed by atoms with Crippen molar-refractivity contribution in [1.82, 2.24) is 0 Å². The zero-order valence-electron chi connectivity index (χ0n) is 5.84. The molecule has 0 nitrogen and oxygen atoms in total. The molecule has 1 aromatic rings. The van der Waals surface area contributed by atoms with Crippen LogP contribution in [0.3, 0.4) is 0 Å². The second-order valence-corrected chi connectivity index (χ2v) is 5.36. The number of benzene rings is 1. The molecule has 0 radical (unpaired) electrons. The molecule has 0 unspecified atom stereocenters. The molecule has 0 amide bonds. The van der Waals surface area contributed by atoms with E-state index in [9.17, 15) is 0 Å². The highest BCUT2D eigenvalue weighted by atomic mass is 79.9. The first-order chi connectivity index (χ1) is 5.38. The van der Waals surface area contributed by atoms with E-state index in [2.05, 4.69) is 34.1 Å². The molecule has 3 heteroatoms. The van der Waals surface area contributed by atoms with E-state index < -0.39 is 0 Å². The molecule has 0 fully saturated rings. The molecule has 0 saturated heterocycles. The molecular weight excluding hydrogens is 240 g/mol. The van der Waals surface area contributed by atoms with Gasteiger partial charge in [0.2, 0.25) is 0 Å². The molecule has 0 bridgehead atoms. The largest absolute Gasteiger partial charge is 0.124 e. The van der Waals surface area contributed by atoms with Gasteiger partial charge < -0.3 is 0 Å². The zero-order valence-corrected chi connectivity index (χ0v) is 9.06. The van der Waals surface area contributed by atoms with E-state index in [0.717, 1.165) is 0 Å². The first-order valence-electron chi connectivity index (χ1n) is 3.42. The summed E-state index contributed by atoms with van der Waals surface area (Å²) in [5, 5.41) is 0. The van der Waals surface area contributed by atoms with Crippen molar-refractivity contribution in [2.24, 2.45) is 0 Å². The molecule has 0 aromatic heterocycles. The Bertz CT molecular complexity index is 273. The smallest absolute Gasteiger partial charge is 0.0351 e. The number of hydrogen-bond acceptors (Lipinski definition) is 2. The summed E-state index contributed by atoms with van der Waals surface area (Å²) < 4.78 is 1.24. The quantitative estimate of drug-likeness (QED) is 0.686. The van der Waals surface area contributed by atoms with Gasteiger partial charge in [-0.2, -0.15) is 0 Å². The Morgan fingerprint density at radius 3 is 2.82 bits per heavy atom.